The highest BCUT2D eigenvalue weighted by Gasteiger charge is 2.34. The SMILES string of the molecule is CN(C)S(=O)(=O)N1CCCC(C(=O)NC(c2ccccc2)c2ccccc2)C1. The third kappa shape index (κ3) is 4.60. The molecule has 7 heteroatoms. The van der Waals surface area contributed by atoms with Gasteiger partial charge < -0.3 is 5.32 Å². The Balaban J connectivity index is 1.79. The molecule has 0 spiro atoms. The molecule has 0 saturated carbocycles. The summed E-state index contributed by atoms with van der Waals surface area (Å²) in [4.78, 5) is 13.1. The lowest BCUT2D eigenvalue weighted by molar-refractivity contribution is -0.126. The van der Waals surface area contributed by atoms with Crippen molar-refractivity contribution in [3.05, 3.63) is 71.8 Å². The van der Waals surface area contributed by atoms with Gasteiger partial charge in [0.1, 0.15) is 0 Å². The van der Waals surface area contributed by atoms with Crippen molar-refractivity contribution in [3.63, 3.8) is 0 Å². The fourth-order valence-corrected chi connectivity index (χ4v) is 4.70. The summed E-state index contributed by atoms with van der Waals surface area (Å²) in [5.41, 5.74) is 1.99. The first-order valence-corrected chi connectivity index (χ1v) is 10.9. The minimum atomic E-state index is -3.51. The Morgan fingerprint density at radius 3 is 2.07 bits per heavy atom. The molecule has 1 N–H and O–H groups in total. The second kappa shape index (κ2) is 8.86. The molecule has 150 valence electrons. The molecule has 0 bridgehead atoms. The van der Waals surface area contributed by atoms with Crippen LogP contribution in [0.5, 0.6) is 0 Å². The maximum atomic E-state index is 13.1. The number of rotatable bonds is 6. The molecule has 0 radical (unpaired) electrons. The van der Waals surface area contributed by atoms with Crippen molar-refractivity contribution in [1.29, 1.82) is 0 Å². The summed E-state index contributed by atoms with van der Waals surface area (Å²) in [6, 6.07) is 19.4. The largest absolute Gasteiger partial charge is 0.345 e. The van der Waals surface area contributed by atoms with Crippen LogP contribution in [0.25, 0.3) is 0 Å². The molecule has 1 amide bonds. The van der Waals surface area contributed by atoms with Gasteiger partial charge in [-0.3, -0.25) is 4.79 Å². The Labute approximate surface area is 167 Å². The van der Waals surface area contributed by atoms with E-state index in [1.54, 1.807) is 0 Å². The van der Waals surface area contributed by atoms with Gasteiger partial charge in [-0.05, 0) is 24.0 Å². The van der Waals surface area contributed by atoms with Crippen LogP contribution in [-0.4, -0.2) is 50.1 Å². The normalized spacial score (nSPS) is 18.4. The van der Waals surface area contributed by atoms with Crippen molar-refractivity contribution in [1.82, 2.24) is 13.9 Å². The summed E-state index contributed by atoms with van der Waals surface area (Å²) in [5, 5.41) is 3.15. The maximum Gasteiger partial charge on any atom is 0.281 e. The highest BCUT2D eigenvalue weighted by molar-refractivity contribution is 7.86. The molecule has 1 aliphatic heterocycles. The number of carbonyl (C=O) groups excluding carboxylic acids is 1. The van der Waals surface area contributed by atoms with E-state index in [4.69, 9.17) is 0 Å². The molecule has 1 saturated heterocycles. The van der Waals surface area contributed by atoms with Gasteiger partial charge in [-0.15, -0.1) is 0 Å². The van der Waals surface area contributed by atoms with E-state index in [9.17, 15) is 13.2 Å². The Morgan fingerprint density at radius 2 is 1.57 bits per heavy atom. The van der Waals surface area contributed by atoms with E-state index in [0.717, 1.165) is 11.1 Å². The first kappa shape index (κ1) is 20.5. The van der Waals surface area contributed by atoms with Crippen LogP contribution in [0.2, 0.25) is 0 Å². The van der Waals surface area contributed by atoms with Gasteiger partial charge in [-0.25, -0.2) is 0 Å². The third-order valence-electron chi connectivity index (χ3n) is 5.10. The first-order chi connectivity index (χ1) is 13.4. The Morgan fingerprint density at radius 1 is 1.04 bits per heavy atom. The number of nitrogens with one attached hydrogen (secondary N) is 1. The summed E-state index contributed by atoms with van der Waals surface area (Å²) in [7, 11) is -0.485. The Kier molecular flexibility index (Phi) is 6.49. The van der Waals surface area contributed by atoms with Crippen LogP contribution in [0.4, 0.5) is 0 Å². The first-order valence-electron chi connectivity index (χ1n) is 9.47. The molecule has 1 fully saturated rings. The lowest BCUT2D eigenvalue weighted by atomic mass is 9.95. The van der Waals surface area contributed by atoms with E-state index in [1.807, 2.05) is 60.7 Å². The molecule has 1 aliphatic rings. The average Bonchev–Trinajstić information content (AvgIpc) is 2.73. The van der Waals surface area contributed by atoms with Gasteiger partial charge in [0.05, 0.1) is 12.0 Å². The van der Waals surface area contributed by atoms with Crippen LogP contribution in [0, 0.1) is 5.92 Å². The van der Waals surface area contributed by atoms with Crippen LogP contribution in [0.1, 0.15) is 30.0 Å². The van der Waals surface area contributed by atoms with Gasteiger partial charge in [-0.2, -0.15) is 17.0 Å². The molecule has 3 rings (SSSR count). The quantitative estimate of drug-likeness (QED) is 0.808. The van der Waals surface area contributed by atoms with Gasteiger partial charge >= 0.3 is 0 Å². The van der Waals surface area contributed by atoms with Crippen molar-refractivity contribution < 1.29 is 13.2 Å². The predicted molar refractivity (Wildman–Crippen MR) is 110 cm³/mol. The Hall–Kier alpha value is -2.22. The van der Waals surface area contributed by atoms with Crippen LogP contribution in [0.3, 0.4) is 0 Å². The second-order valence-corrected chi connectivity index (χ2v) is 9.39. The number of benzene rings is 2. The predicted octanol–water partition coefficient (Wildman–Crippen LogP) is 2.41. The summed E-state index contributed by atoms with van der Waals surface area (Å²) >= 11 is 0. The monoisotopic (exact) mass is 401 g/mol. The minimum absolute atomic E-state index is 0.114. The van der Waals surface area contributed by atoms with E-state index in [0.29, 0.717) is 19.4 Å². The summed E-state index contributed by atoms with van der Waals surface area (Å²) in [6.07, 6.45) is 1.36. The van der Waals surface area contributed by atoms with Crippen LogP contribution in [-0.2, 0) is 15.0 Å². The summed E-state index contributed by atoms with van der Waals surface area (Å²) < 4.78 is 27.5. The zero-order valence-corrected chi connectivity index (χ0v) is 17.1. The number of carbonyl (C=O) groups is 1. The van der Waals surface area contributed by atoms with E-state index < -0.39 is 10.2 Å². The fraction of sp³-hybridized carbons (Fsp3) is 0.381. The minimum Gasteiger partial charge on any atom is -0.345 e. The topological polar surface area (TPSA) is 69.7 Å². The van der Waals surface area contributed by atoms with Crippen molar-refractivity contribution in [2.24, 2.45) is 5.92 Å². The third-order valence-corrected chi connectivity index (χ3v) is 7.00. The van der Waals surface area contributed by atoms with Crippen molar-refractivity contribution >= 4 is 16.1 Å². The zero-order chi connectivity index (χ0) is 20.1. The molecule has 0 aliphatic carbocycles. The molecule has 1 heterocycles. The standard InChI is InChI=1S/C21H27N3O3S/c1-23(2)28(26,27)24-15-9-14-19(16-24)21(25)22-20(17-10-5-3-6-11-17)18-12-7-4-8-13-18/h3-8,10-13,19-20H,9,14-16H2,1-2H3,(H,22,25). The van der Waals surface area contributed by atoms with Crippen molar-refractivity contribution in [2.45, 2.75) is 18.9 Å². The molecule has 2 aromatic carbocycles. The number of hydrogen-bond acceptors (Lipinski definition) is 3. The number of piperidine rings is 1. The average molecular weight is 402 g/mol. The van der Waals surface area contributed by atoms with Crippen LogP contribution >= 0.6 is 0 Å². The maximum absolute atomic E-state index is 13.1. The molecule has 2 aromatic rings. The fourth-order valence-electron chi connectivity index (χ4n) is 3.51. The van der Waals surface area contributed by atoms with Gasteiger partial charge in [0, 0.05) is 27.2 Å². The van der Waals surface area contributed by atoms with E-state index in [2.05, 4.69) is 5.32 Å². The van der Waals surface area contributed by atoms with Crippen LogP contribution in [0.15, 0.2) is 60.7 Å². The molecule has 28 heavy (non-hydrogen) atoms. The van der Waals surface area contributed by atoms with Gasteiger partial charge in [0.15, 0.2) is 0 Å². The Bertz CT molecular complexity index is 846. The highest BCUT2D eigenvalue weighted by Crippen LogP contribution is 2.25. The van der Waals surface area contributed by atoms with Crippen LogP contribution < -0.4 is 5.32 Å². The lowest BCUT2D eigenvalue weighted by Gasteiger charge is -2.33. The smallest absolute Gasteiger partial charge is 0.281 e. The molecule has 1 atom stereocenters. The van der Waals surface area contributed by atoms with Crippen molar-refractivity contribution in [2.75, 3.05) is 27.2 Å². The second-order valence-electron chi connectivity index (χ2n) is 7.25. The van der Waals surface area contributed by atoms with E-state index >= 15 is 0 Å². The highest BCUT2D eigenvalue weighted by atomic mass is 32.2. The summed E-state index contributed by atoms with van der Waals surface area (Å²) in [6.45, 7) is 0.660. The summed E-state index contributed by atoms with van der Waals surface area (Å²) in [5.74, 6) is -0.477. The van der Waals surface area contributed by atoms with E-state index in [1.165, 1.54) is 22.7 Å². The molecular formula is C21H27N3O3S. The number of amides is 1. The van der Waals surface area contributed by atoms with E-state index in [-0.39, 0.29) is 24.4 Å². The molecule has 1 unspecified atom stereocenters. The number of nitrogens with zero attached hydrogens (tertiary/aromatic N) is 2. The zero-order valence-electron chi connectivity index (χ0n) is 16.3. The van der Waals surface area contributed by atoms with Crippen molar-refractivity contribution in [3.8, 4) is 0 Å². The van der Waals surface area contributed by atoms with Gasteiger partial charge in [-0.1, -0.05) is 60.7 Å². The molecule has 6 nitrogen and oxygen atoms in total. The van der Waals surface area contributed by atoms with Gasteiger partial charge in [0.2, 0.25) is 5.91 Å². The molecular weight excluding hydrogens is 374 g/mol. The lowest BCUT2D eigenvalue weighted by Crippen LogP contribution is -2.49. The number of hydrogen-bond donors (Lipinski definition) is 1. The molecule has 0 aromatic heterocycles. The van der Waals surface area contributed by atoms with Gasteiger partial charge in [0.25, 0.3) is 10.2 Å².